The zero-order valence-electron chi connectivity index (χ0n) is 21.1. The Hall–Kier alpha value is -2.69. The monoisotopic (exact) mass is 464 g/mol. The van der Waals surface area contributed by atoms with Gasteiger partial charge in [-0.15, -0.1) is 0 Å². The molecule has 4 rings (SSSR count). The van der Waals surface area contributed by atoms with Crippen LogP contribution in [0.1, 0.15) is 52.5 Å². The van der Waals surface area contributed by atoms with Gasteiger partial charge in [-0.25, -0.2) is 0 Å². The minimum atomic E-state index is -0.589. The zero-order valence-corrected chi connectivity index (χ0v) is 22.0. The molecule has 0 nitrogen and oxygen atoms in total. The second kappa shape index (κ2) is 11.2. The van der Waals surface area contributed by atoms with E-state index in [1.54, 1.807) is 5.57 Å². The Labute approximate surface area is 207 Å². The molecule has 0 aromatic heterocycles. The quantitative estimate of drug-likeness (QED) is 0.245. The standard InChI is InChI=1S/C33H37P/c1-26(22-24-31-27(2)14-13-25-33(31,3)4)21-23-28-15-11-12-20-32(28)34(29-16-7-5-8-17-29)30-18-9-6-10-19-30/h5-12,15-22,24H,13-14,23,25H2,1-4H3. The van der Waals surface area contributed by atoms with E-state index in [2.05, 4.69) is 131 Å². The fraction of sp³-hybridized carbons (Fsp3) is 0.273. The highest BCUT2D eigenvalue weighted by Crippen LogP contribution is 2.41. The van der Waals surface area contributed by atoms with Gasteiger partial charge in [0.05, 0.1) is 0 Å². The minimum Gasteiger partial charge on any atom is -0.0772 e. The van der Waals surface area contributed by atoms with Crippen molar-refractivity contribution in [3.05, 3.63) is 125 Å². The number of hydrogen-bond donors (Lipinski definition) is 0. The molecule has 0 radical (unpaired) electrons. The molecule has 3 aromatic rings. The molecule has 1 aliphatic carbocycles. The summed E-state index contributed by atoms with van der Waals surface area (Å²) in [6.07, 6.45) is 11.9. The van der Waals surface area contributed by atoms with Crippen molar-refractivity contribution in [1.29, 1.82) is 0 Å². The van der Waals surface area contributed by atoms with E-state index in [-0.39, 0.29) is 5.41 Å². The van der Waals surface area contributed by atoms with Crippen molar-refractivity contribution in [3.8, 4) is 0 Å². The number of benzene rings is 3. The average Bonchev–Trinajstić information content (AvgIpc) is 2.84. The van der Waals surface area contributed by atoms with Crippen LogP contribution in [0.25, 0.3) is 0 Å². The average molecular weight is 465 g/mol. The van der Waals surface area contributed by atoms with Gasteiger partial charge in [-0.05, 0) is 79.9 Å². The fourth-order valence-corrected chi connectivity index (χ4v) is 7.53. The van der Waals surface area contributed by atoms with Crippen molar-refractivity contribution in [2.75, 3.05) is 0 Å². The summed E-state index contributed by atoms with van der Waals surface area (Å²) >= 11 is 0. The smallest absolute Gasteiger partial charge is 0.00852 e. The van der Waals surface area contributed by atoms with Crippen LogP contribution in [0.5, 0.6) is 0 Å². The van der Waals surface area contributed by atoms with Crippen LogP contribution in [0.15, 0.2) is 120 Å². The van der Waals surface area contributed by atoms with Crippen LogP contribution in [0.3, 0.4) is 0 Å². The maximum atomic E-state index is 2.39. The second-order valence-electron chi connectivity index (χ2n) is 10.1. The predicted octanol–water partition coefficient (Wildman–Crippen LogP) is 8.02. The Morgan fingerprint density at radius 2 is 1.44 bits per heavy atom. The van der Waals surface area contributed by atoms with E-state index in [0.29, 0.717) is 0 Å². The molecular weight excluding hydrogens is 427 g/mol. The fourth-order valence-electron chi connectivity index (χ4n) is 5.05. The molecule has 0 unspecified atom stereocenters. The van der Waals surface area contributed by atoms with E-state index in [4.69, 9.17) is 0 Å². The van der Waals surface area contributed by atoms with E-state index < -0.39 is 7.92 Å². The molecule has 0 bridgehead atoms. The topological polar surface area (TPSA) is 0 Å². The molecule has 1 aliphatic rings. The number of allylic oxidation sites excluding steroid dienone is 6. The largest absolute Gasteiger partial charge is 0.0772 e. The number of rotatable bonds is 7. The summed E-state index contributed by atoms with van der Waals surface area (Å²) in [5.74, 6) is 0. The third-order valence-corrected chi connectivity index (χ3v) is 9.51. The summed E-state index contributed by atoms with van der Waals surface area (Å²) in [6.45, 7) is 9.33. The van der Waals surface area contributed by atoms with Crippen LogP contribution in [-0.2, 0) is 6.42 Å². The molecule has 174 valence electrons. The van der Waals surface area contributed by atoms with Crippen LogP contribution in [-0.4, -0.2) is 0 Å². The van der Waals surface area contributed by atoms with Gasteiger partial charge in [0.15, 0.2) is 0 Å². The van der Waals surface area contributed by atoms with Gasteiger partial charge < -0.3 is 0 Å². The van der Waals surface area contributed by atoms with Gasteiger partial charge in [-0.1, -0.05) is 128 Å². The van der Waals surface area contributed by atoms with E-state index in [0.717, 1.165) is 6.42 Å². The Balaban J connectivity index is 1.63. The first-order valence-corrected chi connectivity index (χ1v) is 13.8. The second-order valence-corrected chi connectivity index (χ2v) is 12.2. The van der Waals surface area contributed by atoms with Crippen LogP contribution >= 0.6 is 7.92 Å². The van der Waals surface area contributed by atoms with Crippen LogP contribution < -0.4 is 15.9 Å². The van der Waals surface area contributed by atoms with Crippen LogP contribution in [0, 0.1) is 5.41 Å². The summed E-state index contributed by atoms with van der Waals surface area (Å²) in [4.78, 5) is 0. The van der Waals surface area contributed by atoms with E-state index in [1.165, 1.54) is 51.9 Å². The summed E-state index contributed by atoms with van der Waals surface area (Å²) in [7, 11) is -0.589. The van der Waals surface area contributed by atoms with Gasteiger partial charge in [-0.2, -0.15) is 0 Å². The zero-order chi connectivity index (χ0) is 24.0. The summed E-state index contributed by atoms with van der Waals surface area (Å²) in [5.41, 5.74) is 6.13. The van der Waals surface area contributed by atoms with E-state index in [1.807, 2.05) is 0 Å². The molecule has 0 saturated heterocycles. The van der Waals surface area contributed by atoms with Crippen molar-refractivity contribution in [3.63, 3.8) is 0 Å². The van der Waals surface area contributed by atoms with Crippen molar-refractivity contribution in [2.45, 2.75) is 53.4 Å². The third-order valence-electron chi connectivity index (χ3n) is 6.96. The van der Waals surface area contributed by atoms with Gasteiger partial charge in [0.1, 0.15) is 0 Å². The summed E-state index contributed by atoms with van der Waals surface area (Å²) < 4.78 is 0. The van der Waals surface area contributed by atoms with E-state index >= 15 is 0 Å². The normalized spacial score (nSPS) is 16.4. The summed E-state index contributed by atoms with van der Waals surface area (Å²) in [5, 5.41) is 4.26. The van der Waals surface area contributed by atoms with Crippen molar-refractivity contribution in [2.24, 2.45) is 5.41 Å². The Morgan fingerprint density at radius 3 is 2.06 bits per heavy atom. The molecule has 0 aliphatic heterocycles. The number of hydrogen-bond acceptors (Lipinski definition) is 0. The molecule has 0 heterocycles. The Kier molecular flexibility index (Phi) is 8.02. The molecule has 0 atom stereocenters. The first-order chi connectivity index (χ1) is 16.5. The lowest BCUT2D eigenvalue weighted by molar-refractivity contribution is 0.377. The first-order valence-electron chi connectivity index (χ1n) is 12.5. The van der Waals surface area contributed by atoms with Crippen LogP contribution in [0.2, 0.25) is 0 Å². The highest BCUT2D eigenvalue weighted by Gasteiger charge is 2.26. The van der Waals surface area contributed by atoms with Crippen LogP contribution in [0.4, 0.5) is 0 Å². The Morgan fingerprint density at radius 1 is 0.853 bits per heavy atom. The molecule has 0 saturated carbocycles. The molecule has 3 aromatic carbocycles. The SMILES string of the molecule is CC(C=CC1=C(C)CCCC1(C)C)=CCc1ccccc1P(c1ccccc1)c1ccccc1. The molecular formula is C33H37P. The van der Waals surface area contributed by atoms with Gasteiger partial charge in [0.2, 0.25) is 0 Å². The molecule has 34 heavy (non-hydrogen) atoms. The lowest BCUT2D eigenvalue weighted by Crippen LogP contribution is -2.23. The minimum absolute atomic E-state index is 0.285. The highest BCUT2D eigenvalue weighted by atomic mass is 31.1. The maximum Gasteiger partial charge on any atom is -0.00852 e. The Bertz CT molecular complexity index is 1140. The molecule has 0 spiro atoms. The van der Waals surface area contributed by atoms with Gasteiger partial charge in [-0.3, -0.25) is 0 Å². The molecule has 0 N–H and O–H groups in total. The van der Waals surface area contributed by atoms with Gasteiger partial charge in [0, 0.05) is 0 Å². The maximum absolute atomic E-state index is 2.39. The van der Waals surface area contributed by atoms with Crippen molar-refractivity contribution >= 4 is 23.8 Å². The highest BCUT2D eigenvalue weighted by molar-refractivity contribution is 7.79. The van der Waals surface area contributed by atoms with Gasteiger partial charge >= 0.3 is 0 Å². The first kappa shape index (κ1) is 24.4. The molecule has 0 fully saturated rings. The lowest BCUT2D eigenvalue weighted by Gasteiger charge is -2.32. The van der Waals surface area contributed by atoms with Gasteiger partial charge in [0.25, 0.3) is 0 Å². The molecule has 0 amide bonds. The predicted molar refractivity (Wildman–Crippen MR) is 152 cm³/mol. The van der Waals surface area contributed by atoms with Crippen molar-refractivity contribution in [1.82, 2.24) is 0 Å². The van der Waals surface area contributed by atoms with Crippen molar-refractivity contribution < 1.29 is 0 Å². The third kappa shape index (κ3) is 5.86. The lowest BCUT2D eigenvalue weighted by atomic mass is 9.72. The van der Waals surface area contributed by atoms with E-state index in [9.17, 15) is 0 Å². The summed E-state index contributed by atoms with van der Waals surface area (Å²) in [6, 6.07) is 31.0. The molecule has 1 heteroatoms.